The molecule has 166 valence electrons. The van der Waals surface area contributed by atoms with Crippen LogP contribution in [0.5, 0.6) is 5.75 Å². The lowest BCUT2D eigenvalue weighted by Gasteiger charge is -2.37. The second-order valence-corrected chi connectivity index (χ2v) is 10.4. The van der Waals surface area contributed by atoms with Crippen LogP contribution < -0.4 is 4.74 Å². The third kappa shape index (κ3) is 4.45. The molecule has 1 aromatic carbocycles. The molecule has 0 radical (unpaired) electrons. The van der Waals surface area contributed by atoms with Crippen molar-refractivity contribution in [1.29, 1.82) is 0 Å². The SMILES string of the molecule is Cc1ccc(OC[C@H]2c3ccsc3CCN2C(=O)CN(C(=O)c2cccs2)C2CC2)cc1. The lowest BCUT2D eigenvalue weighted by Crippen LogP contribution is -2.48. The van der Waals surface area contributed by atoms with Gasteiger partial charge in [0.05, 0.1) is 10.9 Å². The largest absolute Gasteiger partial charge is 0.491 e. The molecule has 3 heterocycles. The van der Waals surface area contributed by atoms with Crippen molar-refractivity contribution in [3.05, 3.63) is 74.1 Å². The molecule has 1 atom stereocenters. The Balaban J connectivity index is 1.33. The lowest BCUT2D eigenvalue weighted by molar-refractivity contribution is -0.135. The van der Waals surface area contributed by atoms with Crippen LogP contribution in [0.4, 0.5) is 0 Å². The highest BCUT2D eigenvalue weighted by molar-refractivity contribution is 7.12. The standard InChI is InChI=1S/C25H26N2O3S2/c1-17-4-8-19(9-5-17)30-16-21-20-11-14-32-22(20)10-12-26(21)24(28)15-27(18-6-7-18)25(29)23-3-2-13-31-23/h2-5,8-9,11,13-14,18,21H,6-7,10,12,15-16H2,1H3/t21-/m0/s1. The van der Waals surface area contributed by atoms with Gasteiger partial charge in [0, 0.05) is 17.5 Å². The summed E-state index contributed by atoms with van der Waals surface area (Å²) in [4.78, 5) is 32.2. The van der Waals surface area contributed by atoms with Gasteiger partial charge in [0.25, 0.3) is 5.91 Å². The monoisotopic (exact) mass is 466 g/mol. The van der Waals surface area contributed by atoms with E-state index in [1.165, 1.54) is 27.3 Å². The fourth-order valence-corrected chi connectivity index (χ4v) is 5.82. The number of aryl methyl sites for hydroxylation is 1. The van der Waals surface area contributed by atoms with E-state index in [1.54, 1.807) is 16.2 Å². The van der Waals surface area contributed by atoms with Gasteiger partial charge in [-0.2, -0.15) is 0 Å². The van der Waals surface area contributed by atoms with Crippen LogP contribution in [-0.2, 0) is 11.2 Å². The van der Waals surface area contributed by atoms with Gasteiger partial charge in [-0.25, -0.2) is 0 Å². The molecule has 2 aliphatic rings. The van der Waals surface area contributed by atoms with Crippen molar-refractivity contribution in [1.82, 2.24) is 9.80 Å². The minimum atomic E-state index is -0.142. The third-order valence-corrected chi connectivity index (χ3v) is 7.98. The summed E-state index contributed by atoms with van der Waals surface area (Å²) in [5, 5.41) is 4.00. The summed E-state index contributed by atoms with van der Waals surface area (Å²) in [5.41, 5.74) is 2.35. The summed E-state index contributed by atoms with van der Waals surface area (Å²) in [6.45, 7) is 3.23. The van der Waals surface area contributed by atoms with Gasteiger partial charge in [-0.1, -0.05) is 23.8 Å². The fourth-order valence-electron chi connectivity index (χ4n) is 4.22. The van der Waals surface area contributed by atoms with Crippen molar-refractivity contribution in [3.8, 4) is 5.75 Å². The zero-order valence-corrected chi connectivity index (χ0v) is 19.7. The number of nitrogens with zero attached hydrogens (tertiary/aromatic N) is 2. The number of ether oxygens (including phenoxy) is 1. The number of benzene rings is 1. The van der Waals surface area contributed by atoms with Gasteiger partial charge in [-0.3, -0.25) is 9.59 Å². The molecule has 1 aliphatic heterocycles. The molecule has 1 aliphatic carbocycles. The van der Waals surface area contributed by atoms with E-state index in [-0.39, 0.29) is 30.4 Å². The van der Waals surface area contributed by atoms with Crippen molar-refractivity contribution in [2.24, 2.45) is 0 Å². The summed E-state index contributed by atoms with van der Waals surface area (Å²) in [6, 6.07) is 13.8. The molecule has 0 spiro atoms. The maximum absolute atomic E-state index is 13.5. The van der Waals surface area contributed by atoms with E-state index in [1.807, 2.05) is 53.6 Å². The first-order chi connectivity index (χ1) is 15.6. The lowest BCUT2D eigenvalue weighted by atomic mass is 10.0. The van der Waals surface area contributed by atoms with Crippen LogP contribution in [0.2, 0.25) is 0 Å². The Bertz CT molecular complexity index is 1090. The number of fused-ring (bicyclic) bond motifs is 1. The smallest absolute Gasteiger partial charge is 0.264 e. The molecule has 2 amide bonds. The van der Waals surface area contributed by atoms with Crippen LogP contribution in [0.3, 0.4) is 0 Å². The number of thiophene rings is 2. The maximum atomic E-state index is 13.5. The third-order valence-electron chi connectivity index (χ3n) is 6.13. The Morgan fingerprint density at radius 2 is 1.91 bits per heavy atom. The molecule has 3 aromatic rings. The van der Waals surface area contributed by atoms with Gasteiger partial charge in [-0.15, -0.1) is 22.7 Å². The van der Waals surface area contributed by atoms with Crippen molar-refractivity contribution in [3.63, 3.8) is 0 Å². The minimum absolute atomic E-state index is 0.00355. The fraction of sp³-hybridized carbons (Fsp3) is 0.360. The number of hydrogen-bond acceptors (Lipinski definition) is 5. The summed E-state index contributed by atoms with van der Waals surface area (Å²) >= 11 is 3.17. The molecule has 32 heavy (non-hydrogen) atoms. The summed E-state index contributed by atoms with van der Waals surface area (Å²) < 4.78 is 6.11. The van der Waals surface area contributed by atoms with E-state index in [2.05, 4.69) is 11.4 Å². The molecule has 2 aromatic heterocycles. The van der Waals surface area contributed by atoms with Crippen LogP contribution in [-0.4, -0.2) is 47.4 Å². The molecule has 5 rings (SSSR count). The zero-order valence-electron chi connectivity index (χ0n) is 18.0. The first-order valence-electron chi connectivity index (χ1n) is 11.0. The van der Waals surface area contributed by atoms with Gasteiger partial charge < -0.3 is 14.5 Å². The van der Waals surface area contributed by atoms with Crippen molar-refractivity contribution in [2.75, 3.05) is 19.7 Å². The van der Waals surface area contributed by atoms with E-state index in [0.29, 0.717) is 18.0 Å². The van der Waals surface area contributed by atoms with Crippen LogP contribution >= 0.6 is 22.7 Å². The van der Waals surface area contributed by atoms with Crippen LogP contribution in [0, 0.1) is 6.92 Å². The van der Waals surface area contributed by atoms with Gasteiger partial charge >= 0.3 is 0 Å². The van der Waals surface area contributed by atoms with Crippen LogP contribution in [0.1, 0.15) is 44.6 Å². The Morgan fingerprint density at radius 1 is 1.09 bits per heavy atom. The average molecular weight is 467 g/mol. The van der Waals surface area contributed by atoms with Gasteiger partial charge in [0.1, 0.15) is 18.9 Å². The number of carbonyl (C=O) groups is 2. The zero-order chi connectivity index (χ0) is 22.1. The number of carbonyl (C=O) groups excluding carboxylic acids is 2. The average Bonchev–Trinajstić information content (AvgIpc) is 3.28. The van der Waals surface area contributed by atoms with E-state index < -0.39 is 0 Å². The normalized spacial score (nSPS) is 17.7. The highest BCUT2D eigenvalue weighted by Crippen LogP contribution is 2.35. The predicted molar refractivity (Wildman–Crippen MR) is 128 cm³/mol. The number of rotatable bonds is 7. The Kier molecular flexibility index (Phi) is 6.02. The minimum Gasteiger partial charge on any atom is -0.491 e. The molecule has 5 nitrogen and oxygen atoms in total. The quantitative estimate of drug-likeness (QED) is 0.496. The molecule has 1 saturated carbocycles. The Hall–Kier alpha value is -2.64. The van der Waals surface area contributed by atoms with Gasteiger partial charge in [0.15, 0.2) is 0 Å². The topological polar surface area (TPSA) is 49.9 Å². The van der Waals surface area contributed by atoms with Crippen LogP contribution in [0.25, 0.3) is 0 Å². The first kappa shape index (κ1) is 21.2. The van der Waals surface area contributed by atoms with E-state index in [4.69, 9.17) is 4.74 Å². The highest BCUT2D eigenvalue weighted by Gasteiger charge is 2.38. The second-order valence-electron chi connectivity index (χ2n) is 8.42. The summed E-state index contributed by atoms with van der Waals surface area (Å²) in [7, 11) is 0. The maximum Gasteiger partial charge on any atom is 0.264 e. The summed E-state index contributed by atoms with van der Waals surface area (Å²) in [6.07, 6.45) is 2.79. The van der Waals surface area contributed by atoms with E-state index >= 15 is 0 Å². The molecular formula is C25H26N2O3S2. The van der Waals surface area contributed by atoms with Gasteiger partial charge in [-0.05, 0) is 66.8 Å². The van der Waals surface area contributed by atoms with Crippen molar-refractivity contribution in [2.45, 2.75) is 38.3 Å². The summed E-state index contributed by atoms with van der Waals surface area (Å²) in [5.74, 6) is 0.769. The van der Waals surface area contributed by atoms with E-state index in [9.17, 15) is 9.59 Å². The Labute approximate surface area is 196 Å². The van der Waals surface area contributed by atoms with E-state index in [0.717, 1.165) is 25.0 Å². The molecule has 0 N–H and O–H groups in total. The highest BCUT2D eigenvalue weighted by atomic mass is 32.1. The molecule has 7 heteroatoms. The van der Waals surface area contributed by atoms with Gasteiger partial charge in [0.2, 0.25) is 5.91 Å². The molecule has 1 fully saturated rings. The molecular weight excluding hydrogens is 440 g/mol. The molecule has 0 saturated heterocycles. The van der Waals surface area contributed by atoms with Crippen molar-refractivity contribution < 1.29 is 14.3 Å². The number of hydrogen-bond donors (Lipinski definition) is 0. The molecule has 0 unspecified atom stereocenters. The van der Waals surface area contributed by atoms with Crippen molar-refractivity contribution >= 4 is 34.5 Å². The molecule has 0 bridgehead atoms. The predicted octanol–water partition coefficient (Wildman–Crippen LogP) is 4.93. The Morgan fingerprint density at radius 3 is 2.62 bits per heavy atom. The second kappa shape index (κ2) is 9.08. The van der Waals surface area contributed by atoms with Crippen LogP contribution in [0.15, 0.2) is 53.2 Å². The first-order valence-corrected chi connectivity index (χ1v) is 12.8. The number of amides is 2.